The number of hydrogen-bond donors (Lipinski definition) is 1. The Kier molecular flexibility index (Phi) is 4.59. The van der Waals surface area contributed by atoms with Gasteiger partial charge in [-0.2, -0.15) is 0 Å². The summed E-state index contributed by atoms with van der Waals surface area (Å²) >= 11 is 0. The summed E-state index contributed by atoms with van der Waals surface area (Å²) < 4.78 is 6.17. The topological polar surface area (TPSA) is 34.2 Å². The fourth-order valence-electron chi connectivity index (χ4n) is 2.59. The highest BCUT2D eigenvalue weighted by atomic mass is 16.5. The van der Waals surface area contributed by atoms with E-state index in [0.29, 0.717) is 12.0 Å². The predicted octanol–water partition coefficient (Wildman–Crippen LogP) is 3.32. The average Bonchev–Trinajstić information content (AvgIpc) is 2.41. The number of pyridine rings is 1. The third-order valence-corrected chi connectivity index (χ3v) is 4.00. The Morgan fingerprint density at radius 3 is 2.89 bits per heavy atom. The molecule has 1 aliphatic rings. The van der Waals surface area contributed by atoms with Crippen molar-refractivity contribution in [2.75, 3.05) is 7.05 Å². The minimum Gasteiger partial charge on any atom is -0.474 e. The fourth-order valence-corrected chi connectivity index (χ4v) is 2.59. The Bertz CT molecular complexity index is 381. The van der Waals surface area contributed by atoms with Gasteiger partial charge in [-0.3, -0.25) is 0 Å². The second-order valence-corrected chi connectivity index (χ2v) is 5.33. The molecule has 3 heteroatoms. The number of nitrogens with zero attached hydrogens (tertiary/aromatic N) is 1. The predicted molar refractivity (Wildman–Crippen MR) is 73.8 cm³/mol. The van der Waals surface area contributed by atoms with Crippen LogP contribution < -0.4 is 10.1 Å². The summed E-state index contributed by atoms with van der Waals surface area (Å²) in [7, 11) is 1.96. The maximum absolute atomic E-state index is 6.17. The van der Waals surface area contributed by atoms with E-state index in [9.17, 15) is 0 Å². The van der Waals surface area contributed by atoms with Gasteiger partial charge in [-0.15, -0.1) is 0 Å². The molecule has 0 amide bonds. The monoisotopic (exact) mass is 248 g/mol. The lowest BCUT2D eigenvalue weighted by atomic mass is 9.88. The van der Waals surface area contributed by atoms with Crippen molar-refractivity contribution in [1.29, 1.82) is 0 Å². The molecule has 0 spiro atoms. The van der Waals surface area contributed by atoms with E-state index in [1.807, 2.05) is 19.3 Å². The Labute approximate surface area is 110 Å². The lowest BCUT2D eigenvalue weighted by Gasteiger charge is -2.30. The molecule has 1 heterocycles. The summed E-state index contributed by atoms with van der Waals surface area (Å²) in [5.41, 5.74) is 1.15. The van der Waals surface area contributed by atoms with E-state index in [1.165, 1.54) is 19.3 Å². The van der Waals surface area contributed by atoms with Crippen LogP contribution in [0.5, 0.6) is 5.88 Å². The van der Waals surface area contributed by atoms with Crippen molar-refractivity contribution in [2.45, 2.75) is 51.7 Å². The van der Waals surface area contributed by atoms with Gasteiger partial charge in [-0.1, -0.05) is 19.4 Å². The molecule has 1 N–H and O–H groups in total. The summed E-state index contributed by atoms with van der Waals surface area (Å²) in [6.45, 7) is 4.42. The van der Waals surface area contributed by atoms with E-state index in [4.69, 9.17) is 4.74 Å². The van der Waals surface area contributed by atoms with Crippen molar-refractivity contribution in [1.82, 2.24) is 10.3 Å². The first-order valence-electron chi connectivity index (χ1n) is 7.01. The molecule has 1 fully saturated rings. The molecule has 2 rings (SSSR count). The van der Waals surface area contributed by atoms with Gasteiger partial charge in [0.25, 0.3) is 0 Å². The summed E-state index contributed by atoms with van der Waals surface area (Å²) in [6.07, 6.45) is 7.19. The van der Waals surface area contributed by atoms with E-state index in [1.54, 1.807) is 0 Å². The summed E-state index contributed by atoms with van der Waals surface area (Å²) in [5.74, 6) is 1.44. The van der Waals surface area contributed by atoms with Gasteiger partial charge in [0, 0.05) is 17.8 Å². The zero-order valence-electron chi connectivity index (χ0n) is 11.6. The van der Waals surface area contributed by atoms with Crippen LogP contribution >= 0.6 is 0 Å². The first kappa shape index (κ1) is 13.3. The maximum atomic E-state index is 6.17. The normalized spacial score (nSPS) is 25.7. The highest BCUT2D eigenvalue weighted by Crippen LogP contribution is 2.30. The summed E-state index contributed by atoms with van der Waals surface area (Å²) in [5, 5.41) is 3.25. The Morgan fingerprint density at radius 2 is 2.17 bits per heavy atom. The van der Waals surface area contributed by atoms with E-state index in [2.05, 4.69) is 30.2 Å². The van der Waals surface area contributed by atoms with Gasteiger partial charge >= 0.3 is 0 Å². The molecule has 3 unspecified atom stereocenters. The van der Waals surface area contributed by atoms with Crippen molar-refractivity contribution in [3.05, 3.63) is 23.9 Å². The Balaban J connectivity index is 2.12. The molecule has 0 aromatic carbocycles. The smallest absolute Gasteiger partial charge is 0.218 e. The zero-order chi connectivity index (χ0) is 13.0. The van der Waals surface area contributed by atoms with Crippen LogP contribution in [0.1, 0.15) is 51.1 Å². The third-order valence-electron chi connectivity index (χ3n) is 4.00. The molecule has 1 saturated carbocycles. The SMILES string of the molecule is CNC(C)c1cccnc1OC1CCCCC1C. The lowest BCUT2D eigenvalue weighted by Crippen LogP contribution is -2.29. The van der Waals surface area contributed by atoms with Gasteiger partial charge < -0.3 is 10.1 Å². The van der Waals surface area contributed by atoms with Crippen molar-refractivity contribution in [3.8, 4) is 5.88 Å². The molecular formula is C15H24N2O. The van der Waals surface area contributed by atoms with Gasteiger partial charge in [-0.05, 0) is 45.2 Å². The molecule has 0 radical (unpaired) electrons. The first-order valence-corrected chi connectivity index (χ1v) is 7.01. The molecule has 0 bridgehead atoms. The molecule has 1 aromatic rings. The summed E-state index contributed by atoms with van der Waals surface area (Å²) in [4.78, 5) is 4.41. The largest absolute Gasteiger partial charge is 0.474 e. The second-order valence-electron chi connectivity index (χ2n) is 5.33. The maximum Gasteiger partial charge on any atom is 0.218 e. The van der Waals surface area contributed by atoms with Crippen LogP contribution in [-0.2, 0) is 0 Å². The molecule has 3 nitrogen and oxygen atoms in total. The number of aromatic nitrogens is 1. The van der Waals surface area contributed by atoms with Crippen LogP contribution in [-0.4, -0.2) is 18.1 Å². The molecule has 0 aliphatic heterocycles. The minimum absolute atomic E-state index is 0.271. The quantitative estimate of drug-likeness (QED) is 0.887. The van der Waals surface area contributed by atoms with Gasteiger partial charge in [-0.25, -0.2) is 4.98 Å². The molecule has 100 valence electrons. The van der Waals surface area contributed by atoms with Gasteiger partial charge in [0.15, 0.2) is 0 Å². The van der Waals surface area contributed by atoms with Gasteiger partial charge in [0.1, 0.15) is 6.10 Å². The second kappa shape index (κ2) is 6.19. The van der Waals surface area contributed by atoms with Crippen LogP contribution in [0.2, 0.25) is 0 Å². The minimum atomic E-state index is 0.271. The van der Waals surface area contributed by atoms with Crippen LogP contribution in [0.15, 0.2) is 18.3 Å². The molecule has 1 aromatic heterocycles. The van der Waals surface area contributed by atoms with Crippen molar-refractivity contribution >= 4 is 0 Å². The Hall–Kier alpha value is -1.09. The Morgan fingerprint density at radius 1 is 1.39 bits per heavy atom. The molecule has 18 heavy (non-hydrogen) atoms. The number of hydrogen-bond acceptors (Lipinski definition) is 3. The van der Waals surface area contributed by atoms with E-state index in [-0.39, 0.29) is 6.04 Å². The summed E-state index contributed by atoms with van der Waals surface area (Å²) in [6, 6.07) is 4.34. The molecule has 0 saturated heterocycles. The van der Waals surface area contributed by atoms with Gasteiger partial charge in [0.2, 0.25) is 5.88 Å². The number of rotatable bonds is 4. The van der Waals surface area contributed by atoms with Crippen LogP contribution in [0, 0.1) is 5.92 Å². The average molecular weight is 248 g/mol. The van der Waals surface area contributed by atoms with Gasteiger partial charge in [0.05, 0.1) is 0 Å². The molecule has 1 aliphatic carbocycles. The van der Waals surface area contributed by atoms with Crippen LogP contribution in [0.25, 0.3) is 0 Å². The molecule has 3 atom stereocenters. The van der Waals surface area contributed by atoms with Crippen LogP contribution in [0.3, 0.4) is 0 Å². The fraction of sp³-hybridized carbons (Fsp3) is 0.667. The van der Waals surface area contributed by atoms with E-state index >= 15 is 0 Å². The van der Waals surface area contributed by atoms with Crippen molar-refractivity contribution < 1.29 is 4.74 Å². The van der Waals surface area contributed by atoms with E-state index in [0.717, 1.165) is 17.9 Å². The lowest BCUT2D eigenvalue weighted by molar-refractivity contribution is 0.0958. The van der Waals surface area contributed by atoms with Crippen LogP contribution in [0.4, 0.5) is 0 Å². The van der Waals surface area contributed by atoms with E-state index < -0.39 is 0 Å². The standard InChI is InChI=1S/C15H24N2O/c1-11-7-4-5-9-14(11)18-15-13(12(2)16-3)8-6-10-17-15/h6,8,10-12,14,16H,4-5,7,9H2,1-3H3. The zero-order valence-corrected chi connectivity index (χ0v) is 11.6. The van der Waals surface area contributed by atoms with Crippen molar-refractivity contribution in [3.63, 3.8) is 0 Å². The highest BCUT2D eigenvalue weighted by molar-refractivity contribution is 5.28. The molecular weight excluding hydrogens is 224 g/mol. The number of ether oxygens (including phenoxy) is 1. The third kappa shape index (κ3) is 3.02. The van der Waals surface area contributed by atoms with Crippen molar-refractivity contribution in [2.24, 2.45) is 5.92 Å². The number of nitrogens with one attached hydrogen (secondary N) is 1. The first-order chi connectivity index (χ1) is 8.72. The highest BCUT2D eigenvalue weighted by Gasteiger charge is 2.24.